The highest BCUT2D eigenvalue weighted by molar-refractivity contribution is 14.1. The second-order valence-electron chi connectivity index (χ2n) is 7.23. The van der Waals surface area contributed by atoms with Crippen molar-refractivity contribution in [3.8, 4) is 0 Å². The van der Waals surface area contributed by atoms with Gasteiger partial charge in [0.15, 0.2) is 5.76 Å². The topological polar surface area (TPSA) is 67.8 Å². The fourth-order valence-corrected chi connectivity index (χ4v) is 3.84. The zero-order valence-corrected chi connectivity index (χ0v) is 17.9. The first-order valence-corrected chi connectivity index (χ1v) is 10.8. The van der Waals surface area contributed by atoms with E-state index in [4.69, 9.17) is 9.47 Å². The number of amides is 1. The van der Waals surface area contributed by atoms with E-state index < -0.39 is 6.29 Å². The van der Waals surface area contributed by atoms with Crippen molar-refractivity contribution in [2.75, 3.05) is 19.8 Å². The van der Waals surface area contributed by atoms with Gasteiger partial charge in [-0.1, -0.05) is 12.1 Å². The zero-order chi connectivity index (χ0) is 19.2. The summed E-state index contributed by atoms with van der Waals surface area (Å²) >= 11 is 2.29. The molecule has 148 valence electrons. The molecular weight excluding hydrogens is 457 g/mol. The Hall–Kier alpha value is -1.12. The number of carbonyl (C=O) groups excluding carboxylic acids is 1. The molecule has 0 spiro atoms. The van der Waals surface area contributed by atoms with Gasteiger partial charge in [-0.15, -0.1) is 0 Å². The molecule has 1 aliphatic carbocycles. The van der Waals surface area contributed by atoms with E-state index in [0.717, 1.165) is 12.0 Å². The van der Waals surface area contributed by atoms with Gasteiger partial charge < -0.3 is 19.9 Å². The van der Waals surface area contributed by atoms with Gasteiger partial charge in [0.1, 0.15) is 0 Å². The predicted octanol–water partition coefficient (Wildman–Crippen LogP) is 3.57. The molecule has 0 saturated heterocycles. The summed E-state index contributed by atoms with van der Waals surface area (Å²) in [6.45, 7) is 3.28. The van der Waals surface area contributed by atoms with Gasteiger partial charge in [-0.05, 0) is 84.9 Å². The van der Waals surface area contributed by atoms with E-state index in [9.17, 15) is 9.90 Å². The van der Waals surface area contributed by atoms with Crippen molar-refractivity contribution < 1.29 is 19.4 Å². The monoisotopic (exact) mass is 485 g/mol. The molecule has 2 aliphatic rings. The van der Waals surface area contributed by atoms with Crippen molar-refractivity contribution in [3.05, 3.63) is 45.2 Å². The molecule has 3 atom stereocenters. The van der Waals surface area contributed by atoms with Gasteiger partial charge in [0, 0.05) is 35.2 Å². The highest BCUT2D eigenvalue weighted by atomic mass is 127. The first-order chi connectivity index (χ1) is 13.1. The number of ether oxygens (including phenoxy) is 2. The summed E-state index contributed by atoms with van der Waals surface area (Å²) in [4.78, 5) is 12.6. The summed E-state index contributed by atoms with van der Waals surface area (Å²) in [5.74, 6) is 0.864. The third-order valence-electron chi connectivity index (χ3n) is 5.14. The maximum atomic E-state index is 12.6. The number of benzene rings is 1. The van der Waals surface area contributed by atoms with Crippen LogP contribution >= 0.6 is 22.6 Å². The average Bonchev–Trinajstić information content (AvgIpc) is 3.50. The minimum Gasteiger partial charge on any atom is -0.459 e. The molecule has 5 nitrogen and oxygen atoms in total. The van der Waals surface area contributed by atoms with E-state index in [1.54, 1.807) is 0 Å². The average molecular weight is 485 g/mol. The Kier molecular flexibility index (Phi) is 7.55. The smallest absolute Gasteiger partial charge is 0.286 e. The minimum atomic E-state index is -0.488. The van der Waals surface area contributed by atoms with Crippen LogP contribution in [0.3, 0.4) is 0 Å². The van der Waals surface area contributed by atoms with E-state index in [0.29, 0.717) is 31.2 Å². The van der Waals surface area contributed by atoms with Crippen LogP contribution in [0.4, 0.5) is 0 Å². The summed E-state index contributed by atoms with van der Waals surface area (Å²) in [5, 5.41) is 12.3. The third kappa shape index (κ3) is 5.68. The van der Waals surface area contributed by atoms with Gasteiger partial charge in [-0.2, -0.15) is 0 Å². The molecule has 3 rings (SSSR count). The second kappa shape index (κ2) is 9.89. The Morgan fingerprint density at radius 2 is 2.07 bits per heavy atom. The van der Waals surface area contributed by atoms with Crippen LogP contribution < -0.4 is 5.32 Å². The molecule has 0 bridgehead atoms. The zero-order valence-electron chi connectivity index (χ0n) is 15.7. The Bertz CT molecular complexity index is 657. The highest BCUT2D eigenvalue weighted by Crippen LogP contribution is 2.39. The number of allylic oxidation sites excluding steroid dienone is 1. The number of carbonyl (C=O) groups is 1. The van der Waals surface area contributed by atoms with Crippen LogP contribution in [0.5, 0.6) is 0 Å². The molecule has 0 aromatic heterocycles. The Balaban J connectivity index is 1.86. The molecule has 1 aromatic carbocycles. The first kappa shape index (κ1) is 20.6. The fourth-order valence-electron chi connectivity index (χ4n) is 3.48. The van der Waals surface area contributed by atoms with Crippen molar-refractivity contribution in [1.82, 2.24) is 5.32 Å². The normalized spacial score (nSPS) is 24.9. The molecule has 0 radical (unpaired) electrons. The van der Waals surface area contributed by atoms with Gasteiger partial charge in [0.25, 0.3) is 5.91 Å². The van der Waals surface area contributed by atoms with E-state index >= 15 is 0 Å². The number of hydrogen-bond donors (Lipinski definition) is 2. The van der Waals surface area contributed by atoms with Crippen molar-refractivity contribution in [2.24, 2.45) is 11.8 Å². The molecular formula is C21H28INO4. The number of hydrogen-bond acceptors (Lipinski definition) is 4. The lowest BCUT2D eigenvalue weighted by molar-refractivity contribution is -0.166. The summed E-state index contributed by atoms with van der Waals surface area (Å²) in [5.41, 5.74) is 1.14. The van der Waals surface area contributed by atoms with E-state index in [1.165, 1.54) is 16.4 Å². The number of rotatable bonds is 9. The van der Waals surface area contributed by atoms with Crippen molar-refractivity contribution >= 4 is 28.5 Å². The fraction of sp³-hybridized carbons (Fsp3) is 0.571. The summed E-state index contributed by atoms with van der Waals surface area (Å²) in [7, 11) is 0. The quantitative estimate of drug-likeness (QED) is 0.525. The van der Waals surface area contributed by atoms with Gasteiger partial charge in [-0.25, -0.2) is 0 Å². The lowest BCUT2D eigenvalue weighted by Crippen LogP contribution is -2.39. The van der Waals surface area contributed by atoms with Gasteiger partial charge in [-0.3, -0.25) is 4.79 Å². The molecule has 1 amide bonds. The minimum absolute atomic E-state index is 0.0144. The van der Waals surface area contributed by atoms with Crippen LogP contribution in [0.1, 0.15) is 44.1 Å². The molecule has 1 aromatic rings. The lowest BCUT2D eigenvalue weighted by atomic mass is 9.80. The Labute approximate surface area is 174 Å². The Morgan fingerprint density at radius 1 is 1.33 bits per heavy atom. The summed E-state index contributed by atoms with van der Waals surface area (Å²) in [6, 6.07) is 8.35. The molecule has 1 heterocycles. The van der Waals surface area contributed by atoms with Crippen LogP contribution in [-0.2, 0) is 14.3 Å². The summed E-state index contributed by atoms with van der Waals surface area (Å²) < 4.78 is 13.0. The van der Waals surface area contributed by atoms with Crippen LogP contribution in [0.2, 0.25) is 0 Å². The molecule has 0 unspecified atom stereocenters. The second-order valence-corrected chi connectivity index (χ2v) is 8.48. The highest BCUT2D eigenvalue weighted by Gasteiger charge is 2.38. The SMILES string of the molecule is CCO[C@H]1OC(C(=O)NCC2CC2)=C[C@@H](c2ccc(I)cc2)[C@@H]1CCCO. The summed E-state index contributed by atoms with van der Waals surface area (Å²) in [6.07, 6.45) is 5.27. The maximum Gasteiger partial charge on any atom is 0.286 e. The van der Waals surface area contributed by atoms with Crippen LogP contribution in [0, 0.1) is 15.4 Å². The molecule has 1 aliphatic heterocycles. The van der Waals surface area contributed by atoms with E-state index in [1.807, 2.05) is 13.0 Å². The number of aliphatic hydroxyl groups excluding tert-OH is 1. The molecule has 27 heavy (non-hydrogen) atoms. The van der Waals surface area contributed by atoms with Crippen molar-refractivity contribution in [2.45, 2.75) is 44.8 Å². The van der Waals surface area contributed by atoms with Gasteiger partial charge in [0.05, 0.1) is 0 Å². The number of aliphatic hydroxyl groups is 1. The molecule has 6 heteroatoms. The molecule has 1 saturated carbocycles. The maximum absolute atomic E-state index is 12.6. The largest absolute Gasteiger partial charge is 0.459 e. The number of nitrogens with one attached hydrogen (secondary N) is 1. The predicted molar refractivity (Wildman–Crippen MR) is 112 cm³/mol. The van der Waals surface area contributed by atoms with Crippen molar-refractivity contribution in [3.63, 3.8) is 0 Å². The third-order valence-corrected chi connectivity index (χ3v) is 5.86. The molecule has 2 N–H and O–H groups in total. The Morgan fingerprint density at radius 3 is 2.70 bits per heavy atom. The van der Waals surface area contributed by atoms with Crippen LogP contribution in [-0.4, -0.2) is 37.1 Å². The lowest BCUT2D eigenvalue weighted by Gasteiger charge is -2.37. The first-order valence-electron chi connectivity index (χ1n) is 9.77. The molecule has 1 fully saturated rings. The standard InChI is InChI=1S/C21H28INO4/c1-2-26-21-17(4-3-11-24)18(15-7-9-16(22)10-8-15)12-19(27-21)20(25)23-13-14-5-6-14/h7-10,12,14,17-18,21,24H,2-6,11,13H2,1H3,(H,23,25)/t17-,18-,21-/m0/s1. The van der Waals surface area contributed by atoms with Crippen LogP contribution in [0.25, 0.3) is 0 Å². The van der Waals surface area contributed by atoms with Crippen molar-refractivity contribution in [1.29, 1.82) is 0 Å². The van der Waals surface area contributed by atoms with E-state index in [2.05, 4.69) is 52.2 Å². The van der Waals surface area contributed by atoms with E-state index in [-0.39, 0.29) is 24.3 Å². The van der Waals surface area contributed by atoms with Gasteiger partial charge in [0.2, 0.25) is 6.29 Å². The number of halogens is 1. The van der Waals surface area contributed by atoms with Crippen LogP contribution in [0.15, 0.2) is 36.1 Å². The van der Waals surface area contributed by atoms with Gasteiger partial charge >= 0.3 is 0 Å².